The average molecular weight is 504 g/mol. The summed E-state index contributed by atoms with van der Waals surface area (Å²) in [5.74, 6) is 1.17. The van der Waals surface area contributed by atoms with Crippen LogP contribution in [0.15, 0.2) is 28.3 Å². The third-order valence-corrected chi connectivity index (χ3v) is 5.10. The SMILES string of the molecule is CCc1nc(-c2ccc(OC(F)=CI)cc2Cl)c(C)nc1NC(CC)CC. The van der Waals surface area contributed by atoms with Crippen molar-refractivity contribution in [3.8, 4) is 17.0 Å². The zero-order valence-electron chi connectivity index (χ0n) is 15.9. The lowest BCUT2D eigenvalue weighted by atomic mass is 10.1. The van der Waals surface area contributed by atoms with Crippen molar-refractivity contribution in [3.05, 3.63) is 44.7 Å². The van der Waals surface area contributed by atoms with E-state index in [0.29, 0.717) is 16.8 Å². The van der Waals surface area contributed by atoms with Gasteiger partial charge in [-0.3, -0.25) is 0 Å². The van der Waals surface area contributed by atoms with Crippen LogP contribution in [-0.4, -0.2) is 16.0 Å². The molecule has 146 valence electrons. The number of benzene rings is 1. The standard InChI is InChI=1S/C20H24ClFIN3O/c1-5-13(6-2)25-20-17(7-3)26-19(12(4)24-20)15-9-8-14(10-16(15)21)27-18(22)11-23/h8-11,13H,5-7H2,1-4H3,(H,24,25). The molecule has 1 aromatic carbocycles. The summed E-state index contributed by atoms with van der Waals surface area (Å²) in [6, 6.07) is 4.72. The molecule has 0 aliphatic rings. The second kappa shape index (κ2) is 10.2. The van der Waals surface area contributed by atoms with Crippen LogP contribution in [0.5, 0.6) is 5.75 Å². The van der Waals surface area contributed by atoms with Gasteiger partial charge in [0.1, 0.15) is 11.6 Å². The second-order valence-electron chi connectivity index (χ2n) is 6.12. The van der Waals surface area contributed by atoms with Crippen molar-refractivity contribution in [2.24, 2.45) is 0 Å². The number of ether oxygens (including phenoxy) is 1. The molecule has 0 aliphatic carbocycles. The highest BCUT2D eigenvalue weighted by Gasteiger charge is 2.16. The van der Waals surface area contributed by atoms with Crippen molar-refractivity contribution < 1.29 is 9.13 Å². The number of hydrogen-bond donors (Lipinski definition) is 1. The Bertz CT molecular complexity index is 825. The Labute approximate surface area is 178 Å². The van der Waals surface area contributed by atoms with E-state index < -0.39 is 6.01 Å². The maximum atomic E-state index is 13.3. The van der Waals surface area contributed by atoms with Gasteiger partial charge in [0.15, 0.2) is 0 Å². The number of rotatable bonds is 8. The van der Waals surface area contributed by atoms with E-state index in [-0.39, 0.29) is 0 Å². The molecule has 4 nitrogen and oxygen atoms in total. The molecule has 0 fully saturated rings. The number of aryl methyl sites for hydroxylation is 2. The van der Waals surface area contributed by atoms with Crippen molar-refractivity contribution in [2.45, 2.75) is 53.0 Å². The van der Waals surface area contributed by atoms with Crippen molar-refractivity contribution in [2.75, 3.05) is 5.32 Å². The van der Waals surface area contributed by atoms with E-state index in [1.165, 1.54) is 4.08 Å². The lowest BCUT2D eigenvalue weighted by Gasteiger charge is -2.19. The van der Waals surface area contributed by atoms with Gasteiger partial charge in [0.2, 0.25) is 0 Å². The number of hydrogen-bond acceptors (Lipinski definition) is 4. The first kappa shape index (κ1) is 21.9. The Hall–Kier alpha value is -1.41. The molecule has 27 heavy (non-hydrogen) atoms. The minimum Gasteiger partial charge on any atom is -0.431 e. The number of aromatic nitrogens is 2. The molecule has 1 heterocycles. The third kappa shape index (κ3) is 5.54. The van der Waals surface area contributed by atoms with Crippen LogP contribution in [0.2, 0.25) is 5.02 Å². The number of halogens is 3. The summed E-state index contributed by atoms with van der Waals surface area (Å²) < 4.78 is 19.6. The summed E-state index contributed by atoms with van der Waals surface area (Å²) in [4.78, 5) is 9.56. The first-order chi connectivity index (χ1) is 12.9. The molecule has 0 atom stereocenters. The van der Waals surface area contributed by atoms with Gasteiger partial charge in [-0.15, -0.1) is 0 Å². The topological polar surface area (TPSA) is 47.0 Å². The van der Waals surface area contributed by atoms with Gasteiger partial charge >= 0.3 is 0 Å². The molecule has 0 aliphatic heterocycles. The van der Waals surface area contributed by atoms with E-state index >= 15 is 0 Å². The predicted molar refractivity (Wildman–Crippen MR) is 118 cm³/mol. The lowest BCUT2D eigenvalue weighted by Crippen LogP contribution is -2.20. The Morgan fingerprint density at radius 2 is 2.00 bits per heavy atom. The van der Waals surface area contributed by atoms with Crippen LogP contribution in [0.4, 0.5) is 10.2 Å². The molecule has 2 aromatic rings. The fourth-order valence-corrected chi connectivity index (χ4v) is 3.13. The molecule has 1 N–H and O–H groups in total. The second-order valence-corrected chi connectivity index (χ2v) is 7.15. The largest absolute Gasteiger partial charge is 0.431 e. The van der Waals surface area contributed by atoms with Gasteiger partial charge in [0.05, 0.1) is 22.1 Å². The van der Waals surface area contributed by atoms with E-state index in [1.807, 2.05) is 6.92 Å². The molecule has 0 spiro atoms. The van der Waals surface area contributed by atoms with E-state index in [4.69, 9.17) is 26.3 Å². The molecular formula is C20H24ClFIN3O. The predicted octanol–water partition coefficient (Wildman–Crippen LogP) is 6.85. The first-order valence-electron chi connectivity index (χ1n) is 9.01. The Kier molecular flexibility index (Phi) is 8.28. The van der Waals surface area contributed by atoms with Crippen molar-refractivity contribution in [1.29, 1.82) is 0 Å². The number of nitrogens with zero attached hydrogens (tertiary/aromatic N) is 2. The summed E-state index contributed by atoms with van der Waals surface area (Å²) in [7, 11) is 0. The molecule has 0 amide bonds. The summed E-state index contributed by atoms with van der Waals surface area (Å²) in [6.07, 6.45) is 2.81. The zero-order valence-corrected chi connectivity index (χ0v) is 18.9. The molecule has 0 saturated heterocycles. The first-order valence-corrected chi connectivity index (χ1v) is 10.6. The van der Waals surface area contributed by atoms with Gasteiger partial charge in [-0.05, 0) is 60.9 Å². The van der Waals surface area contributed by atoms with Crippen LogP contribution in [-0.2, 0) is 6.42 Å². The fourth-order valence-electron chi connectivity index (χ4n) is 2.74. The quantitative estimate of drug-likeness (QED) is 0.316. The monoisotopic (exact) mass is 503 g/mol. The molecule has 0 radical (unpaired) electrons. The Morgan fingerprint density at radius 3 is 2.56 bits per heavy atom. The minimum atomic E-state index is -0.680. The molecular weight excluding hydrogens is 480 g/mol. The summed E-state index contributed by atoms with van der Waals surface area (Å²) >= 11 is 8.19. The summed E-state index contributed by atoms with van der Waals surface area (Å²) in [5, 5.41) is 3.93. The zero-order chi connectivity index (χ0) is 20.0. The van der Waals surface area contributed by atoms with E-state index in [2.05, 4.69) is 26.1 Å². The molecule has 7 heteroatoms. The normalized spacial score (nSPS) is 11.8. The van der Waals surface area contributed by atoms with Crippen LogP contribution in [0.1, 0.15) is 45.0 Å². The average Bonchev–Trinajstić information content (AvgIpc) is 2.66. The summed E-state index contributed by atoms with van der Waals surface area (Å²) in [5.41, 5.74) is 3.16. The van der Waals surface area contributed by atoms with Crippen LogP contribution >= 0.6 is 34.2 Å². The molecule has 0 unspecified atom stereocenters. The van der Waals surface area contributed by atoms with Crippen LogP contribution in [0.25, 0.3) is 11.3 Å². The van der Waals surface area contributed by atoms with Crippen LogP contribution in [0, 0.1) is 6.92 Å². The van der Waals surface area contributed by atoms with Crippen LogP contribution in [0.3, 0.4) is 0 Å². The highest BCUT2D eigenvalue weighted by Crippen LogP contribution is 2.33. The van der Waals surface area contributed by atoms with Gasteiger partial charge < -0.3 is 10.1 Å². The third-order valence-electron chi connectivity index (χ3n) is 4.30. The van der Waals surface area contributed by atoms with Gasteiger partial charge in [0.25, 0.3) is 6.01 Å². The summed E-state index contributed by atoms with van der Waals surface area (Å²) in [6.45, 7) is 8.28. The molecule has 0 bridgehead atoms. The number of nitrogens with one attached hydrogen (secondary N) is 1. The van der Waals surface area contributed by atoms with Gasteiger partial charge in [-0.1, -0.05) is 32.4 Å². The Balaban J connectivity index is 2.41. The lowest BCUT2D eigenvalue weighted by molar-refractivity contribution is 0.304. The van der Waals surface area contributed by atoms with E-state index in [0.717, 1.165) is 47.7 Å². The van der Waals surface area contributed by atoms with Gasteiger partial charge in [-0.2, -0.15) is 4.39 Å². The Morgan fingerprint density at radius 1 is 1.30 bits per heavy atom. The molecule has 0 saturated carbocycles. The smallest absolute Gasteiger partial charge is 0.284 e. The highest BCUT2D eigenvalue weighted by atomic mass is 127. The van der Waals surface area contributed by atoms with Gasteiger partial charge in [-0.25, -0.2) is 9.97 Å². The highest BCUT2D eigenvalue weighted by molar-refractivity contribution is 14.1. The van der Waals surface area contributed by atoms with Crippen molar-refractivity contribution >= 4 is 40.0 Å². The van der Waals surface area contributed by atoms with E-state index in [1.54, 1.807) is 40.8 Å². The maximum Gasteiger partial charge on any atom is 0.284 e. The number of anilines is 1. The van der Waals surface area contributed by atoms with Crippen molar-refractivity contribution in [1.82, 2.24) is 9.97 Å². The minimum absolute atomic E-state index is 0.336. The maximum absolute atomic E-state index is 13.3. The van der Waals surface area contributed by atoms with E-state index in [9.17, 15) is 4.39 Å². The molecule has 1 aromatic heterocycles. The fraction of sp³-hybridized carbons (Fsp3) is 0.400. The van der Waals surface area contributed by atoms with Crippen molar-refractivity contribution in [3.63, 3.8) is 0 Å². The van der Waals surface area contributed by atoms with Gasteiger partial charge in [0, 0.05) is 21.8 Å². The molecule has 2 rings (SSSR count). The van der Waals surface area contributed by atoms with Crippen LogP contribution < -0.4 is 10.1 Å².